The first-order valence-corrected chi connectivity index (χ1v) is 21.8. The fourth-order valence-electron chi connectivity index (χ4n) is 9.65. The van der Waals surface area contributed by atoms with Crippen molar-refractivity contribution in [2.75, 3.05) is 0 Å². The molecule has 0 fully saturated rings. The molecular formula is C58H37N3S. The molecule has 62 heavy (non-hydrogen) atoms. The van der Waals surface area contributed by atoms with E-state index in [0.29, 0.717) is 17.5 Å². The highest BCUT2D eigenvalue weighted by atomic mass is 32.1. The molecule has 3 nitrogen and oxygen atoms in total. The summed E-state index contributed by atoms with van der Waals surface area (Å²) in [5, 5.41) is 2.35. The van der Waals surface area contributed by atoms with Crippen LogP contribution in [0.25, 0.3) is 87.7 Å². The Hall–Kier alpha value is -7.79. The van der Waals surface area contributed by atoms with E-state index in [1.54, 1.807) is 0 Å². The van der Waals surface area contributed by atoms with Crippen LogP contribution < -0.4 is 0 Å². The Kier molecular flexibility index (Phi) is 8.58. The molecule has 290 valence electrons. The summed E-state index contributed by atoms with van der Waals surface area (Å²) in [6, 6.07) is 80.5. The van der Waals surface area contributed by atoms with Crippen LogP contribution in [-0.2, 0) is 5.41 Å². The second-order valence-corrected chi connectivity index (χ2v) is 17.0. The molecule has 2 heterocycles. The van der Waals surface area contributed by atoms with Crippen LogP contribution in [0.5, 0.6) is 0 Å². The summed E-state index contributed by atoms with van der Waals surface area (Å²) in [4.78, 5) is 15.8. The third-order valence-corrected chi connectivity index (χ3v) is 13.6. The van der Waals surface area contributed by atoms with Gasteiger partial charge in [0.2, 0.25) is 0 Å². The molecule has 0 saturated carbocycles. The van der Waals surface area contributed by atoms with E-state index in [-0.39, 0.29) is 0 Å². The number of aromatic nitrogens is 3. The maximum absolute atomic E-state index is 5.34. The van der Waals surface area contributed by atoms with E-state index in [4.69, 9.17) is 15.0 Å². The number of fused-ring (bicyclic) bond motifs is 6. The second-order valence-electron chi connectivity index (χ2n) is 15.9. The molecule has 0 aliphatic heterocycles. The average Bonchev–Trinajstić information content (AvgIpc) is 3.88. The number of rotatable bonds is 7. The van der Waals surface area contributed by atoms with E-state index in [9.17, 15) is 0 Å². The van der Waals surface area contributed by atoms with Crippen molar-refractivity contribution in [1.29, 1.82) is 0 Å². The van der Waals surface area contributed by atoms with Gasteiger partial charge in [-0.25, -0.2) is 15.0 Å². The molecule has 1 aliphatic rings. The van der Waals surface area contributed by atoms with Crippen molar-refractivity contribution < 1.29 is 0 Å². The first kappa shape index (κ1) is 36.1. The zero-order valence-corrected chi connectivity index (χ0v) is 34.4. The highest BCUT2D eigenvalue weighted by Gasteiger charge is 2.46. The van der Waals surface area contributed by atoms with Gasteiger partial charge >= 0.3 is 0 Å². The Labute approximate surface area is 364 Å². The Morgan fingerprint density at radius 1 is 0.306 bits per heavy atom. The quantitative estimate of drug-likeness (QED) is 0.161. The van der Waals surface area contributed by atoms with Crippen molar-refractivity contribution in [2.24, 2.45) is 0 Å². The molecule has 0 atom stereocenters. The van der Waals surface area contributed by atoms with Crippen molar-refractivity contribution in [3.8, 4) is 67.5 Å². The first-order valence-electron chi connectivity index (χ1n) is 21.0. The predicted molar refractivity (Wildman–Crippen MR) is 257 cm³/mol. The van der Waals surface area contributed by atoms with Crippen LogP contribution >= 0.6 is 11.3 Å². The first-order chi connectivity index (χ1) is 30.7. The molecule has 2 aromatic heterocycles. The summed E-state index contributed by atoms with van der Waals surface area (Å²) < 4.78 is 2.42. The van der Waals surface area contributed by atoms with Gasteiger partial charge in [-0.15, -0.1) is 11.3 Å². The van der Waals surface area contributed by atoms with Crippen molar-refractivity contribution in [2.45, 2.75) is 5.41 Å². The van der Waals surface area contributed by atoms with Gasteiger partial charge in [-0.3, -0.25) is 0 Å². The van der Waals surface area contributed by atoms with Crippen LogP contribution in [0.1, 0.15) is 22.3 Å². The van der Waals surface area contributed by atoms with Gasteiger partial charge in [0.25, 0.3) is 0 Å². The second kappa shape index (κ2) is 14.7. The number of nitrogens with zero attached hydrogens (tertiary/aromatic N) is 3. The summed E-state index contributed by atoms with van der Waals surface area (Å²) >= 11 is 1.82. The summed E-state index contributed by atoms with van der Waals surface area (Å²) in [5.41, 5.74) is 14.6. The lowest BCUT2D eigenvalue weighted by atomic mass is 9.67. The number of benzene rings is 9. The molecular weight excluding hydrogens is 771 g/mol. The molecule has 0 bridgehead atoms. The SMILES string of the molecule is c1ccc(-c2cccc(-c3cccc(-c4nc(-c5ccccc5)nc(-c5cccc6sc7ccc(C8(c9ccccc9)c9ccccc9-c9ccccc98)cc7c56)n4)c3)c2)cc1. The molecule has 12 rings (SSSR count). The lowest BCUT2D eigenvalue weighted by Gasteiger charge is -2.34. The molecule has 0 saturated heterocycles. The Bertz CT molecular complexity index is 3420. The van der Waals surface area contributed by atoms with Crippen LogP contribution in [0, 0.1) is 0 Å². The van der Waals surface area contributed by atoms with Crippen LogP contribution in [0.2, 0.25) is 0 Å². The topological polar surface area (TPSA) is 38.7 Å². The standard InChI is InChI=1S/C58H37N3S/c1-4-17-38(18-5-1)40-21-14-22-41(35-40)42-23-15-24-43(36-42)56-59-55(39-19-6-2-7-20-39)60-57(61-56)48-29-16-32-53-54(48)49-37-45(33-34-52(49)62-53)58(44-25-8-3-9-26-44)50-30-12-10-27-46(50)47-28-11-13-31-51(47)58/h1-37H. The highest BCUT2D eigenvalue weighted by Crippen LogP contribution is 2.56. The van der Waals surface area contributed by atoms with E-state index < -0.39 is 5.41 Å². The smallest absolute Gasteiger partial charge is 0.164 e. The van der Waals surface area contributed by atoms with E-state index in [1.807, 2.05) is 29.5 Å². The van der Waals surface area contributed by atoms with Crippen molar-refractivity contribution >= 4 is 31.5 Å². The number of thiophene rings is 1. The molecule has 0 spiro atoms. The Morgan fingerprint density at radius 2 is 0.790 bits per heavy atom. The molecule has 1 aliphatic carbocycles. The Balaban J connectivity index is 1.06. The Morgan fingerprint density at radius 3 is 1.47 bits per heavy atom. The monoisotopic (exact) mass is 807 g/mol. The molecule has 0 N–H and O–H groups in total. The summed E-state index contributed by atoms with van der Waals surface area (Å²) in [6.45, 7) is 0. The van der Waals surface area contributed by atoms with Crippen LogP contribution in [-0.4, -0.2) is 15.0 Å². The molecule has 0 radical (unpaired) electrons. The normalized spacial score (nSPS) is 12.6. The molecule has 4 heteroatoms. The van der Waals surface area contributed by atoms with Gasteiger partial charge in [0.05, 0.1) is 5.41 Å². The lowest BCUT2D eigenvalue weighted by Crippen LogP contribution is -2.28. The van der Waals surface area contributed by atoms with E-state index >= 15 is 0 Å². The maximum atomic E-state index is 5.34. The van der Waals surface area contributed by atoms with Crippen molar-refractivity contribution in [3.63, 3.8) is 0 Å². The van der Waals surface area contributed by atoms with Gasteiger partial charge in [-0.1, -0.05) is 194 Å². The van der Waals surface area contributed by atoms with Crippen LogP contribution in [0.3, 0.4) is 0 Å². The number of hydrogen-bond donors (Lipinski definition) is 0. The van der Waals surface area contributed by atoms with E-state index in [0.717, 1.165) is 33.2 Å². The van der Waals surface area contributed by atoms with Crippen molar-refractivity contribution in [1.82, 2.24) is 15.0 Å². The molecule has 0 amide bonds. The fourth-order valence-corrected chi connectivity index (χ4v) is 10.8. The maximum Gasteiger partial charge on any atom is 0.164 e. The minimum atomic E-state index is -0.502. The van der Waals surface area contributed by atoms with E-state index in [1.165, 1.54) is 59.3 Å². The van der Waals surface area contributed by atoms with Gasteiger partial charge in [0.15, 0.2) is 17.5 Å². The molecule has 11 aromatic rings. The third kappa shape index (κ3) is 5.83. The minimum absolute atomic E-state index is 0.502. The zero-order chi connectivity index (χ0) is 41.0. The van der Waals surface area contributed by atoms with Crippen LogP contribution in [0.4, 0.5) is 0 Å². The van der Waals surface area contributed by atoms with Gasteiger partial charge in [-0.2, -0.15) is 0 Å². The third-order valence-electron chi connectivity index (χ3n) is 12.4. The van der Waals surface area contributed by atoms with Crippen LogP contribution in [0.15, 0.2) is 224 Å². The van der Waals surface area contributed by atoms with Gasteiger partial charge < -0.3 is 0 Å². The summed E-state index contributed by atoms with van der Waals surface area (Å²) in [7, 11) is 0. The highest BCUT2D eigenvalue weighted by molar-refractivity contribution is 7.25. The zero-order valence-electron chi connectivity index (χ0n) is 33.6. The largest absolute Gasteiger partial charge is 0.208 e. The molecule has 0 unspecified atom stereocenters. The van der Waals surface area contributed by atoms with Crippen molar-refractivity contribution in [3.05, 3.63) is 247 Å². The number of hydrogen-bond acceptors (Lipinski definition) is 4. The fraction of sp³-hybridized carbons (Fsp3) is 0.0172. The van der Waals surface area contributed by atoms with Gasteiger partial charge in [0.1, 0.15) is 0 Å². The van der Waals surface area contributed by atoms with Gasteiger partial charge in [0, 0.05) is 36.9 Å². The average molecular weight is 808 g/mol. The lowest BCUT2D eigenvalue weighted by molar-refractivity contribution is 0.770. The predicted octanol–water partition coefficient (Wildman–Crippen LogP) is 14.9. The minimum Gasteiger partial charge on any atom is -0.208 e. The van der Waals surface area contributed by atoms with Gasteiger partial charge in [-0.05, 0) is 86.0 Å². The summed E-state index contributed by atoms with van der Waals surface area (Å²) in [5.74, 6) is 1.92. The molecule has 9 aromatic carbocycles. The van der Waals surface area contributed by atoms with E-state index in [2.05, 4.69) is 206 Å². The summed E-state index contributed by atoms with van der Waals surface area (Å²) in [6.07, 6.45) is 0.